The number of hydrogen-bond acceptors (Lipinski definition) is 2. The van der Waals surface area contributed by atoms with Crippen molar-refractivity contribution in [2.45, 2.75) is 20.3 Å². The van der Waals surface area contributed by atoms with Gasteiger partial charge in [-0.05, 0) is 30.0 Å². The molecule has 0 amide bonds. The van der Waals surface area contributed by atoms with Crippen LogP contribution >= 0.6 is 11.3 Å². The van der Waals surface area contributed by atoms with Crippen LogP contribution in [0, 0.1) is 6.92 Å². The van der Waals surface area contributed by atoms with Crippen molar-refractivity contribution < 1.29 is 4.79 Å². The summed E-state index contributed by atoms with van der Waals surface area (Å²) < 4.78 is 1.21. The standard InChI is InChI=1S/C12H12OS/c1-3-10(13)12-7-9-8(2)5-4-6-11(9)14-12/h4-7H,3H2,1-2H3. The second-order valence-corrected chi connectivity index (χ2v) is 4.46. The molecular formula is C12H12OS. The second-order valence-electron chi connectivity index (χ2n) is 3.37. The number of hydrogen-bond donors (Lipinski definition) is 0. The molecule has 0 aliphatic heterocycles. The van der Waals surface area contributed by atoms with Gasteiger partial charge in [0.25, 0.3) is 0 Å². The van der Waals surface area contributed by atoms with Crippen LogP contribution < -0.4 is 0 Å². The lowest BCUT2D eigenvalue weighted by Crippen LogP contribution is -1.90. The summed E-state index contributed by atoms with van der Waals surface area (Å²) in [6.45, 7) is 3.98. The van der Waals surface area contributed by atoms with Crippen molar-refractivity contribution in [3.05, 3.63) is 34.7 Å². The molecule has 0 unspecified atom stereocenters. The molecule has 0 spiro atoms. The first-order chi connectivity index (χ1) is 6.72. The molecule has 1 aromatic heterocycles. The Morgan fingerprint density at radius 1 is 1.43 bits per heavy atom. The third kappa shape index (κ3) is 1.46. The predicted molar refractivity (Wildman–Crippen MR) is 61.2 cm³/mol. The lowest BCUT2D eigenvalue weighted by molar-refractivity contribution is 0.0992. The van der Waals surface area contributed by atoms with E-state index in [2.05, 4.69) is 19.1 Å². The Morgan fingerprint density at radius 2 is 2.21 bits per heavy atom. The van der Waals surface area contributed by atoms with Crippen LogP contribution in [0.2, 0.25) is 0 Å². The van der Waals surface area contributed by atoms with Crippen LogP contribution in [0.25, 0.3) is 10.1 Å². The van der Waals surface area contributed by atoms with E-state index in [1.807, 2.05) is 19.1 Å². The van der Waals surface area contributed by atoms with Crippen LogP contribution in [-0.2, 0) is 0 Å². The lowest BCUT2D eigenvalue weighted by Gasteiger charge is -1.91. The molecule has 1 nitrogen and oxygen atoms in total. The maximum absolute atomic E-state index is 11.5. The molecule has 1 aromatic carbocycles. The van der Waals surface area contributed by atoms with Gasteiger partial charge < -0.3 is 0 Å². The Morgan fingerprint density at radius 3 is 2.86 bits per heavy atom. The Bertz CT molecular complexity index is 482. The summed E-state index contributed by atoms with van der Waals surface area (Å²) in [6, 6.07) is 8.20. The van der Waals surface area contributed by atoms with E-state index in [1.165, 1.54) is 15.6 Å². The molecule has 72 valence electrons. The monoisotopic (exact) mass is 204 g/mol. The number of fused-ring (bicyclic) bond motifs is 1. The van der Waals surface area contributed by atoms with Crippen LogP contribution in [0.1, 0.15) is 28.6 Å². The highest BCUT2D eigenvalue weighted by atomic mass is 32.1. The minimum Gasteiger partial charge on any atom is -0.293 e. The molecule has 0 bridgehead atoms. The first-order valence-corrected chi connectivity index (χ1v) is 5.56. The van der Waals surface area contributed by atoms with Crippen LogP contribution in [0.5, 0.6) is 0 Å². The van der Waals surface area contributed by atoms with Crippen molar-refractivity contribution >= 4 is 27.2 Å². The van der Waals surface area contributed by atoms with Gasteiger partial charge in [0.1, 0.15) is 0 Å². The van der Waals surface area contributed by atoms with Gasteiger partial charge in [-0.25, -0.2) is 0 Å². The zero-order valence-electron chi connectivity index (χ0n) is 8.33. The van der Waals surface area contributed by atoms with E-state index in [4.69, 9.17) is 0 Å². The Labute approximate surface area is 87.4 Å². The van der Waals surface area contributed by atoms with Gasteiger partial charge in [0.15, 0.2) is 5.78 Å². The van der Waals surface area contributed by atoms with Gasteiger partial charge in [-0.3, -0.25) is 4.79 Å². The molecule has 14 heavy (non-hydrogen) atoms. The summed E-state index contributed by atoms with van der Waals surface area (Å²) in [5.41, 5.74) is 1.24. The van der Waals surface area contributed by atoms with E-state index in [0.29, 0.717) is 6.42 Å². The fourth-order valence-electron chi connectivity index (χ4n) is 1.52. The molecule has 0 saturated heterocycles. The van der Waals surface area contributed by atoms with Gasteiger partial charge >= 0.3 is 0 Å². The van der Waals surface area contributed by atoms with Crippen molar-refractivity contribution in [3.8, 4) is 0 Å². The fraction of sp³-hybridized carbons (Fsp3) is 0.250. The van der Waals surface area contributed by atoms with Crippen LogP contribution in [0.4, 0.5) is 0 Å². The average molecular weight is 204 g/mol. The number of Topliss-reactive ketones (excluding diaryl/α,β-unsaturated/α-hetero) is 1. The highest BCUT2D eigenvalue weighted by Crippen LogP contribution is 2.28. The average Bonchev–Trinajstić information content (AvgIpc) is 2.62. The summed E-state index contributed by atoms with van der Waals surface area (Å²) in [5, 5.41) is 1.22. The summed E-state index contributed by atoms with van der Waals surface area (Å²) in [7, 11) is 0. The molecule has 0 N–H and O–H groups in total. The van der Waals surface area contributed by atoms with Gasteiger partial charge in [0.2, 0.25) is 0 Å². The highest BCUT2D eigenvalue weighted by molar-refractivity contribution is 7.20. The number of thiophene rings is 1. The van der Waals surface area contributed by atoms with Crippen LogP contribution in [-0.4, -0.2) is 5.78 Å². The molecule has 0 fully saturated rings. The molecule has 0 saturated carbocycles. The molecule has 2 rings (SSSR count). The highest BCUT2D eigenvalue weighted by Gasteiger charge is 2.08. The van der Waals surface area contributed by atoms with E-state index in [9.17, 15) is 4.79 Å². The number of rotatable bonds is 2. The molecular weight excluding hydrogens is 192 g/mol. The van der Waals surface area contributed by atoms with Gasteiger partial charge in [-0.15, -0.1) is 11.3 Å². The van der Waals surface area contributed by atoms with Crippen molar-refractivity contribution in [1.82, 2.24) is 0 Å². The number of ketones is 1. The molecule has 0 aliphatic carbocycles. The number of aryl methyl sites for hydroxylation is 1. The zero-order valence-corrected chi connectivity index (χ0v) is 9.15. The third-order valence-corrected chi connectivity index (χ3v) is 3.52. The van der Waals surface area contributed by atoms with E-state index >= 15 is 0 Å². The SMILES string of the molecule is CCC(=O)c1cc2c(C)cccc2s1. The van der Waals surface area contributed by atoms with Crippen molar-refractivity contribution in [1.29, 1.82) is 0 Å². The molecule has 0 aliphatic rings. The van der Waals surface area contributed by atoms with Crippen molar-refractivity contribution in [2.24, 2.45) is 0 Å². The number of carbonyl (C=O) groups excluding carboxylic acids is 1. The fourth-order valence-corrected chi connectivity index (χ4v) is 2.67. The zero-order chi connectivity index (χ0) is 10.1. The topological polar surface area (TPSA) is 17.1 Å². The lowest BCUT2D eigenvalue weighted by atomic mass is 10.1. The number of carbonyl (C=O) groups is 1. The van der Waals surface area contributed by atoms with Gasteiger partial charge in [-0.1, -0.05) is 19.1 Å². The van der Waals surface area contributed by atoms with Crippen molar-refractivity contribution in [2.75, 3.05) is 0 Å². The second kappa shape index (κ2) is 3.54. The van der Waals surface area contributed by atoms with Crippen LogP contribution in [0.15, 0.2) is 24.3 Å². The quantitative estimate of drug-likeness (QED) is 0.680. The van der Waals surface area contributed by atoms with E-state index in [-0.39, 0.29) is 5.78 Å². The van der Waals surface area contributed by atoms with E-state index < -0.39 is 0 Å². The van der Waals surface area contributed by atoms with Gasteiger partial charge in [0.05, 0.1) is 4.88 Å². The molecule has 2 heteroatoms. The maximum atomic E-state index is 11.5. The largest absolute Gasteiger partial charge is 0.293 e. The summed E-state index contributed by atoms with van der Waals surface area (Å²) >= 11 is 1.59. The smallest absolute Gasteiger partial charge is 0.172 e. The van der Waals surface area contributed by atoms with E-state index in [0.717, 1.165) is 4.88 Å². The molecule has 0 radical (unpaired) electrons. The Hall–Kier alpha value is -1.15. The van der Waals surface area contributed by atoms with Gasteiger partial charge in [0, 0.05) is 11.1 Å². The third-order valence-electron chi connectivity index (χ3n) is 2.38. The normalized spacial score (nSPS) is 10.7. The number of benzene rings is 1. The minimum atomic E-state index is 0.241. The molecule has 2 aromatic rings. The first kappa shape index (κ1) is 9.41. The van der Waals surface area contributed by atoms with Crippen molar-refractivity contribution in [3.63, 3.8) is 0 Å². The maximum Gasteiger partial charge on any atom is 0.172 e. The Balaban J connectivity index is 2.62. The predicted octanol–water partition coefficient (Wildman–Crippen LogP) is 3.80. The Kier molecular flexibility index (Phi) is 2.38. The molecule has 1 heterocycles. The minimum absolute atomic E-state index is 0.241. The van der Waals surface area contributed by atoms with Crippen LogP contribution in [0.3, 0.4) is 0 Å². The summed E-state index contributed by atoms with van der Waals surface area (Å²) in [5.74, 6) is 0.241. The molecule has 0 atom stereocenters. The van der Waals surface area contributed by atoms with Gasteiger partial charge in [-0.2, -0.15) is 0 Å². The summed E-state index contributed by atoms with van der Waals surface area (Å²) in [4.78, 5) is 12.4. The first-order valence-electron chi connectivity index (χ1n) is 4.74. The summed E-state index contributed by atoms with van der Waals surface area (Å²) in [6.07, 6.45) is 0.589. The van der Waals surface area contributed by atoms with E-state index in [1.54, 1.807) is 11.3 Å².